The zero-order valence-electron chi connectivity index (χ0n) is 9.68. The van der Waals surface area contributed by atoms with E-state index in [9.17, 15) is 4.79 Å². The van der Waals surface area contributed by atoms with Crippen molar-refractivity contribution in [2.45, 2.75) is 39.5 Å². The summed E-state index contributed by atoms with van der Waals surface area (Å²) in [5, 5.41) is 3.13. The Balaban J connectivity index is 2.53. The molecule has 0 saturated heterocycles. The van der Waals surface area contributed by atoms with Gasteiger partial charge in [-0.15, -0.1) is 0 Å². The van der Waals surface area contributed by atoms with Gasteiger partial charge in [0, 0.05) is 18.4 Å². The number of hydrogen-bond donors (Lipinski definition) is 1. The molecule has 2 heteroatoms. The molecule has 0 spiro atoms. The summed E-state index contributed by atoms with van der Waals surface area (Å²) in [6.45, 7) is 5.14. The van der Waals surface area contributed by atoms with Crippen LogP contribution >= 0.6 is 0 Å². The number of carbonyl (C=O) groups is 1. The van der Waals surface area contributed by atoms with Crippen LogP contribution < -0.4 is 5.32 Å². The van der Waals surface area contributed by atoms with Crippen molar-refractivity contribution >= 4 is 5.78 Å². The lowest BCUT2D eigenvalue weighted by Crippen LogP contribution is -2.33. The first kappa shape index (κ1) is 11.7. The Labute approximate surface area is 87.5 Å². The minimum Gasteiger partial charge on any atom is -0.319 e. The summed E-state index contributed by atoms with van der Waals surface area (Å²) in [6, 6.07) is 0. The third-order valence-electron chi connectivity index (χ3n) is 3.35. The zero-order valence-corrected chi connectivity index (χ0v) is 9.68. The molecule has 1 aliphatic carbocycles. The van der Waals surface area contributed by atoms with Crippen LogP contribution in [0.15, 0.2) is 0 Å². The van der Waals surface area contributed by atoms with Crippen molar-refractivity contribution in [2.24, 2.45) is 17.8 Å². The highest BCUT2D eigenvalue weighted by Gasteiger charge is 2.30. The summed E-state index contributed by atoms with van der Waals surface area (Å²) < 4.78 is 0. The molecule has 82 valence electrons. The number of carbonyl (C=O) groups excluding carboxylic acids is 1. The van der Waals surface area contributed by atoms with Crippen molar-refractivity contribution in [1.29, 1.82) is 0 Å². The van der Waals surface area contributed by atoms with E-state index in [1.54, 1.807) is 0 Å². The van der Waals surface area contributed by atoms with E-state index in [1.807, 2.05) is 7.05 Å². The van der Waals surface area contributed by atoms with Crippen molar-refractivity contribution < 1.29 is 4.79 Å². The van der Waals surface area contributed by atoms with Gasteiger partial charge >= 0.3 is 0 Å². The van der Waals surface area contributed by atoms with Gasteiger partial charge in [-0.25, -0.2) is 0 Å². The molecule has 0 heterocycles. The highest BCUT2D eigenvalue weighted by molar-refractivity contribution is 5.84. The Kier molecular flexibility index (Phi) is 4.59. The van der Waals surface area contributed by atoms with E-state index in [4.69, 9.17) is 0 Å². The molecule has 1 N–H and O–H groups in total. The predicted octanol–water partition coefficient (Wildman–Crippen LogP) is 2.24. The molecule has 0 aromatic heterocycles. The minimum atomic E-state index is 0.225. The van der Waals surface area contributed by atoms with Gasteiger partial charge < -0.3 is 5.32 Å². The first-order valence-electron chi connectivity index (χ1n) is 5.85. The Bertz CT molecular complexity index is 183. The molecule has 1 aliphatic rings. The third kappa shape index (κ3) is 2.81. The third-order valence-corrected chi connectivity index (χ3v) is 3.35. The van der Waals surface area contributed by atoms with Crippen LogP contribution in [-0.4, -0.2) is 19.4 Å². The predicted molar refractivity (Wildman–Crippen MR) is 59.2 cm³/mol. The van der Waals surface area contributed by atoms with E-state index in [2.05, 4.69) is 19.2 Å². The Hall–Kier alpha value is -0.370. The number of rotatable bonds is 5. The monoisotopic (exact) mass is 197 g/mol. The van der Waals surface area contributed by atoms with Gasteiger partial charge in [0.15, 0.2) is 0 Å². The molecule has 1 saturated carbocycles. The lowest BCUT2D eigenvalue weighted by molar-refractivity contribution is -0.127. The van der Waals surface area contributed by atoms with Crippen molar-refractivity contribution in [1.82, 2.24) is 5.32 Å². The van der Waals surface area contributed by atoms with Gasteiger partial charge in [0.05, 0.1) is 0 Å². The first-order valence-corrected chi connectivity index (χ1v) is 5.85. The van der Waals surface area contributed by atoms with Gasteiger partial charge in [-0.1, -0.05) is 26.7 Å². The van der Waals surface area contributed by atoms with Gasteiger partial charge in [0.2, 0.25) is 0 Å². The van der Waals surface area contributed by atoms with E-state index in [0.29, 0.717) is 17.6 Å². The van der Waals surface area contributed by atoms with Gasteiger partial charge in [0.1, 0.15) is 5.78 Å². The fourth-order valence-electron chi connectivity index (χ4n) is 2.40. The molecule has 2 nitrogen and oxygen atoms in total. The SMILES string of the molecule is CNCC(C(=O)C1CCCC1)C(C)C. The molecule has 0 bridgehead atoms. The summed E-state index contributed by atoms with van der Waals surface area (Å²) in [4.78, 5) is 12.1. The average molecular weight is 197 g/mol. The number of Topliss-reactive ketones (excluding diaryl/α,β-unsaturated/α-hetero) is 1. The summed E-state index contributed by atoms with van der Waals surface area (Å²) >= 11 is 0. The Morgan fingerprint density at radius 1 is 1.36 bits per heavy atom. The molecule has 1 atom stereocenters. The topological polar surface area (TPSA) is 29.1 Å². The summed E-state index contributed by atoms with van der Waals surface area (Å²) in [5.74, 6) is 1.57. The van der Waals surface area contributed by atoms with Crippen LogP contribution in [0, 0.1) is 17.8 Å². The molecular formula is C12H23NO. The second-order valence-corrected chi connectivity index (χ2v) is 4.79. The number of hydrogen-bond acceptors (Lipinski definition) is 2. The van der Waals surface area contributed by atoms with Crippen LogP contribution in [0.25, 0.3) is 0 Å². The van der Waals surface area contributed by atoms with Crippen molar-refractivity contribution in [3.05, 3.63) is 0 Å². The van der Waals surface area contributed by atoms with E-state index >= 15 is 0 Å². The van der Waals surface area contributed by atoms with Crippen LogP contribution in [-0.2, 0) is 4.79 Å². The molecule has 1 rings (SSSR count). The largest absolute Gasteiger partial charge is 0.319 e. The van der Waals surface area contributed by atoms with Crippen molar-refractivity contribution in [3.8, 4) is 0 Å². The lowest BCUT2D eigenvalue weighted by atomic mass is 9.84. The molecule has 1 fully saturated rings. The summed E-state index contributed by atoms with van der Waals surface area (Å²) in [5.41, 5.74) is 0. The maximum absolute atomic E-state index is 12.1. The normalized spacial score (nSPS) is 20.3. The first-order chi connectivity index (χ1) is 6.66. The maximum atomic E-state index is 12.1. The fourth-order valence-corrected chi connectivity index (χ4v) is 2.40. The standard InChI is InChI=1S/C12H23NO/c1-9(2)11(8-13-3)12(14)10-6-4-5-7-10/h9-11,13H,4-8H2,1-3H3. The Morgan fingerprint density at radius 3 is 2.36 bits per heavy atom. The second-order valence-electron chi connectivity index (χ2n) is 4.79. The molecule has 14 heavy (non-hydrogen) atoms. The lowest BCUT2D eigenvalue weighted by Gasteiger charge is -2.22. The van der Waals surface area contributed by atoms with Gasteiger partial charge in [-0.05, 0) is 25.8 Å². The molecule has 0 radical (unpaired) electrons. The number of ketones is 1. The van der Waals surface area contributed by atoms with E-state index in [-0.39, 0.29) is 5.92 Å². The highest BCUT2D eigenvalue weighted by atomic mass is 16.1. The van der Waals surface area contributed by atoms with Crippen LogP contribution in [0.4, 0.5) is 0 Å². The van der Waals surface area contributed by atoms with Gasteiger partial charge in [0.25, 0.3) is 0 Å². The van der Waals surface area contributed by atoms with Gasteiger partial charge in [-0.3, -0.25) is 4.79 Å². The maximum Gasteiger partial charge on any atom is 0.140 e. The van der Waals surface area contributed by atoms with Gasteiger partial charge in [-0.2, -0.15) is 0 Å². The molecule has 0 amide bonds. The van der Waals surface area contributed by atoms with Crippen molar-refractivity contribution in [3.63, 3.8) is 0 Å². The molecule has 0 aliphatic heterocycles. The highest BCUT2D eigenvalue weighted by Crippen LogP contribution is 2.29. The summed E-state index contributed by atoms with van der Waals surface area (Å²) in [7, 11) is 1.93. The van der Waals surface area contributed by atoms with E-state index in [1.165, 1.54) is 12.8 Å². The van der Waals surface area contributed by atoms with Crippen LogP contribution in [0.2, 0.25) is 0 Å². The molecular weight excluding hydrogens is 174 g/mol. The van der Waals surface area contributed by atoms with Crippen molar-refractivity contribution in [2.75, 3.05) is 13.6 Å². The fraction of sp³-hybridized carbons (Fsp3) is 0.917. The molecule has 0 aromatic rings. The molecule has 1 unspecified atom stereocenters. The van der Waals surface area contributed by atoms with E-state index in [0.717, 1.165) is 19.4 Å². The zero-order chi connectivity index (χ0) is 10.6. The van der Waals surface area contributed by atoms with Crippen LogP contribution in [0.3, 0.4) is 0 Å². The number of nitrogens with one attached hydrogen (secondary N) is 1. The van der Waals surface area contributed by atoms with E-state index < -0.39 is 0 Å². The Morgan fingerprint density at radius 2 is 1.93 bits per heavy atom. The quantitative estimate of drug-likeness (QED) is 0.732. The minimum absolute atomic E-state index is 0.225. The molecule has 0 aromatic carbocycles. The average Bonchev–Trinajstić information content (AvgIpc) is 2.65. The smallest absolute Gasteiger partial charge is 0.140 e. The summed E-state index contributed by atoms with van der Waals surface area (Å²) in [6.07, 6.45) is 4.76. The second kappa shape index (κ2) is 5.50. The van der Waals surface area contributed by atoms with Crippen LogP contribution in [0.5, 0.6) is 0 Å². The van der Waals surface area contributed by atoms with Crippen LogP contribution in [0.1, 0.15) is 39.5 Å².